The van der Waals surface area contributed by atoms with Gasteiger partial charge in [-0.15, -0.1) is 0 Å². The van der Waals surface area contributed by atoms with Crippen molar-refractivity contribution in [3.8, 4) is 0 Å². The van der Waals surface area contributed by atoms with Gasteiger partial charge >= 0.3 is 7.25 Å². The molecule has 4 heteroatoms. The minimum absolute atomic E-state index is 0.275. The second-order valence-electron chi connectivity index (χ2n) is 5.55. The lowest BCUT2D eigenvalue weighted by molar-refractivity contribution is 0.00578. The summed E-state index contributed by atoms with van der Waals surface area (Å²) in [6, 6.07) is 0. The fraction of sp³-hybridized carbons (Fsp3) is 0.667. The molecule has 0 aromatic rings. The molecule has 16 heavy (non-hydrogen) atoms. The van der Waals surface area contributed by atoms with Crippen LogP contribution in [-0.2, 0) is 9.31 Å². The molecule has 0 aromatic carbocycles. The van der Waals surface area contributed by atoms with Crippen LogP contribution in [0.3, 0.4) is 0 Å². The van der Waals surface area contributed by atoms with Gasteiger partial charge in [-0.05, 0) is 46.0 Å². The molecular weight excluding hydrogens is 201 g/mol. The van der Waals surface area contributed by atoms with Crippen LogP contribution in [0.1, 0.15) is 34.6 Å². The molecule has 0 aliphatic carbocycles. The van der Waals surface area contributed by atoms with Crippen molar-refractivity contribution in [2.24, 2.45) is 5.92 Å². The lowest BCUT2D eigenvalue weighted by Crippen LogP contribution is -2.41. The van der Waals surface area contributed by atoms with Crippen LogP contribution in [-0.4, -0.2) is 23.3 Å². The molecule has 0 spiro atoms. The summed E-state index contributed by atoms with van der Waals surface area (Å²) in [6.07, 6.45) is 8.30. The van der Waals surface area contributed by atoms with Crippen LogP contribution >= 0.6 is 0 Å². The highest BCUT2D eigenvalue weighted by molar-refractivity contribution is 6.43. The molecule has 0 N–H and O–H groups in total. The number of hydrogen-bond acceptors (Lipinski definition) is 3. The van der Waals surface area contributed by atoms with Gasteiger partial charge in [-0.3, -0.25) is 0 Å². The molecule has 0 bridgehead atoms. The molecule has 2 heterocycles. The number of rotatable bonds is 1. The molecule has 0 radical (unpaired) electrons. The van der Waals surface area contributed by atoms with Gasteiger partial charge in [0, 0.05) is 0 Å². The Morgan fingerprint density at radius 2 is 1.44 bits per heavy atom. The Balaban J connectivity index is 2.10. The lowest BCUT2D eigenvalue weighted by Gasteiger charge is -2.32. The van der Waals surface area contributed by atoms with E-state index in [1.165, 1.54) is 0 Å². The summed E-state index contributed by atoms with van der Waals surface area (Å²) < 4.78 is 11.9. The van der Waals surface area contributed by atoms with Crippen molar-refractivity contribution in [2.75, 3.05) is 0 Å². The smallest absolute Gasteiger partial charge is 0.384 e. The maximum atomic E-state index is 5.94. The van der Waals surface area contributed by atoms with Crippen molar-refractivity contribution in [2.45, 2.75) is 45.8 Å². The molecule has 2 aliphatic rings. The average molecular weight is 221 g/mol. The van der Waals surface area contributed by atoms with Crippen LogP contribution in [0, 0.1) is 5.92 Å². The van der Waals surface area contributed by atoms with Crippen molar-refractivity contribution in [1.29, 1.82) is 0 Å². The molecule has 0 aromatic heterocycles. The van der Waals surface area contributed by atoms with E-state index in [9.17, 15) is 0 Å². The standard InChI is InChI=1S/C12H20BNO2/c1-10-6-8-14(9-7-10)13-15-11(2,3)12(4,5)16-13/h6-10H,1-5H3. The van der Waals surface area contributed by atoms with Gasteiger partial charge in [0.25, 0.3) is 0 Å². The van der Waals surface area contributed by atoms with Crippen LogP contribution in [0.25, 0.3) is 0 Å². The molecular formula is C12H20BNO2. The van der Waals surface area contributed by atoms with Crippen LogP contribution in [0.2, 0.25) is 0 Å². The van der Waals surface area contributed by atoms with Crippen molar-refractivity contribution in [3.63, 3.8) is 0 Å². The lowest BCUT2D eigenvalue weighted by atomic mass is 9.90. The topological polar surface area (TPSA) is 21.7 Å². The van der Waals surface area contributed by atoms with Gasteiger partial charge in [0.15, 0.2) is 0 Å². The van der Waals surface area contributed by atoms with Crippen molar-refractivity contribution in [3.05, 3.63) is 24.6 Å². The SMILES string of the molecule is CC1C=CN(B2OC(C)(C)C(C)(C)O2)C=C1. The molecule has 2 rings (SSSR count). The summed E-state index contributed by atoms with van der Waals surface area (Å²) >= 11 is 0. The Morgan fingerprint density at radius 3 is 1.88 bits per heavy atom. The van der Waals surface area contributed by atoms with Gasteiger partial charge in [-0.2, -0.15) is 0 Å². The molecule has 0 unspecified atom stereocenters. The summed E-state index contributed by atoms with van der Waals surface area (Å²) in [7, 11) is -0.315. The highest BCUT2D eigenvalue weighted by Gasteiger charge is 2.53. The van der Waals surface area contributed by atoms with Crippen LogP contribution in [0.4, 0.5) is 0 Å². The van der Waals surface area contributed by atoms with E-state index in [-0.39, 0.29) is 18.5 Å². The second kappa shape index (κ2) is 3.64. The summed E-state index contributed by atoms with van der Waals surface area (Å²) in [6.45, 7) is 10.4. The van der Waals surface area contributed by atoms with E-state index in [1.807, 2.05) is 17.2 Å². The van der Waals surface area contributed by atoms with E-state index in [1.54, 1.807) is 0 Å². The zero-order valence-corrected chi connectivity index (χ0v) is 10.7. The maximum absolute atomic E-state index is 5.94. The van der Waals surface area contributed by atoms with Crippen molar-refractivity contribution < 1.29 is 9.31 Å². The van der Waals surface area contributed by atoms with E-state index in [0.717, 1.165) is 0 Å². The number of allylic oxidation sites excluding steroid dienone is 2. The summed E-state index contributed by atoms with van der Waals surface area (Å²) in [5, 5.41) is 0. The third-order valence-corrected chi connectivity index (χ3v) is 3.61. The zero-order valence-electron chi connectivity index (χ0n) is 10.7. The predicted octanol–water partition coefficient (Wildman–Crippen LogP) is 2.55. The van der Waals surface area contributed by atoms with Gasteiger partial charge in [-0.1, -0.05) is 19.1 Å². The van der Waals surface area contributed by atoms with Gasteiger partial charge in [-0.25, -0.2) is 0 Å². The first-order chi connectivity index (χ1) is 7.32. The van der Waals surface area contributed by atoms with Crippen LogP contribution in [0.15, 0.2) is 24.6 Å². The molecule has 1 saturated heterocycles. The number of nitrogens with zero attached hydrogens (tertiary/aromatic N) is 1. The minimum atomic E-state index is -0.315. The van der Waals surface area contributed by atoms with Gasteiger partial charge in [0.05, 0.1) is 11.2 Å². The molecule has 88 valence electrons. The molecule has 2 aliphatic heterocycles. The molecule has 0 amide bonds. The third-order valence-electron chi connectivity index (χ3n) is 3.61. The third kappa shape index (κ3) is 1.92. The Hall–Kier alpha value is -0.735. The zero-order chi connectivity index (χ0) is 12.0. The molecule has 0 atom stereocenters. The summed E-state index contributed by atoms with van der Waals surface area (Å²) in [4.78, 5) is 1.97. The molecule has 3 nitrogen and oxygen atoms in total. The van der Waals surface area contributed by atoms with Gasteiger partial charge in [0.2, 0.25) is 0 Å². The predicted molar refractivity (Wildman–Crippen MR) is 65.4 cm³/mol. The minimum Gasteiger partial charge on any atom is -0.384 e. The largest absolute Gasteiger partial charge is 0.598 e. The van der Waals surface area contributed by atoms with Gasteiger partial charge in [0.1, 0.15) is 0 Å². The monoisotopic (exact) mass is 221 g/mol. The maximum Gasteiger partial charge on any atom is 0.598 e. The first kappa shape index (κ1) is 11.7. The first-order valence-corrected chi connectivity index (χ1v) is 5.81. The van der Waals surface area contributed by atoms with Crippen molar-refractivity contribution in [1.82, 2.24) is 4.81 Å². The van der Waals surface area contributed by atoms with Crippen LogP contribution < -0.4 is 0 Å². The Kier molecular flexibility index (Phi) is 2.67. The molecule has 1 fully saturated rings. The summed E-state index contributed by atoms with van der Waals surface area (Å²) in [5.41, 5.74) is -0.551. The van der Waals surface area contributed by atoms with E-state index >= 15 is 0 Å². The number of hydrogen-bond donors (Lipinski definition) is 0. The fourth-order valence-corrected chi connectivity index (χ4v) is 1.66. The normalized spacial score (nSPS) is 27.8. The van der Waals surface area contributed by atoms with E-state index in [0.29, 0.717) is 5.92 Å². The van der Waals surface area contributed by atoms with Crippen LogP contribution in [0.5, 0.6) is 0 Å². The highest BCUT2D eigenvalue weighted by atomic mass is 16.7. The van der Waals surface area contributed by atoms with E-state index < -0.39 is 0 Å². The Morgan fingerprint density at radius 1 is 1.00 bits per heavy atom. The Bertz CT molecular complexity index is 306. The van der Waals surface area contributed by atoms with E-state index in [2.05, 4.69) is 46.8 Å². The average Bonchev–Trinajstić information content (AvgIpc) is 2.37. The Labute approximate surface area is 98.3 Å². The summed E-state index contributed by atoms with van der Waals surface area (Å²) in [5.74, 6) is 0.485. The first-order valence-electron chi connectivity index (χ1n) is 5.81. The van der Waals surface area contributed by atoms with Gasteiger partial charge < -0.3 is 14.1 Å². The quantitative estimate of drug-likeness (QED) is 0.635. The van der Waals surface area contributed by atoms with Crippen molar-refractivity contribution >= 4 is 7.25 Å². The fourth-order valence-electron chi connectivity index (χ4n) is 1.66. The van der Waals surface area contributed by atoms with E-state index in [4.69, 9.17) is 9.31 Å². The molecule has 0 saturated carbocycles. The second-order valence-corrected chi connectivity index (χ2v) is 5.55. The highest BCUT2D eigenvalue weighted by Crippen LogP contribution is 2.38.